The number of carbonyl (C=O) groups is 1. The third-order valence-electron chi connectivity index (χ3n) is 4.04. The summed E-state index contributed by atoms with van der Waals surface area (Å²) in [6, 6.07) is 12.6. The molecule has 158 valence electrons. The standard InChI is InChI=1S/C20H25ClN2O4S2/c1-15-3-9-18(10-4-15)29(25,26)23-19(11-14-28-2)20(24)22-12-13-27-17-7-5-16(21)6-8-17/h3-10,19,23H,11-14H2,1-2H3,(H,22,24). The lowest BCUT2D eigenvalue weighted by Gasteiger charge is -2.18. The summed E-state index contributed by atoms with van der Waals surface area (Å²) in [6.07, 6.45) is 2.29. The molecule has 0 aromatic heterocycles. The maximum absolute atomic E-state index is 12.6. The monoisotopic (exact) mass is 456 g/mol. The molecule has 0 fully saturated rings. The molecule has 6 nitrogen and oxygen atoms in total. The van der Waals surface area contributed by atoms with E-state index < -0.39 is 16.1 Å². The van der Waals surface area contributed by atoms with Gasteiger partial charge in [-0.15, -0.1) is 0 Å². The third-order valence-corrected chi connectivity index (χ3v) is 6.42. The van der Waals surface area contributed by atoms with Gasteiger partial charge in [0.1, 0.15) is 18.4 Å². The number of benzene rings is 2. The minimum atomic E-state index is -3.79. The van der Waals surface area contributed by atoms with E-state index in [2.05, 4.69) is 10.0 Å². The number of carbonyl (C=O) groups excluding carboxylic acids is 1. The smallest absolute Gasteiger partial charge is 0.241 e. The molecule has 0 spiro atoms. The van der Waals surface area contributed by atoms with E-state index in [0.717, 1.165) is 5.56 Å². The van der Waals surface area contributed by atoms with Crippen molar-refractivity contribution in [3.63, 3.8) is 0 Å². The first-order valence-corrected chi connectivity index (χ1v) is 12.3. The molecule has 0 saturated carbocycles. The highest BCUT2D eigenvalue weighted by molar-refractivity contribution is 7.98. The fourth-order valence-corrected chi connectivity index (χ4v) is 4.28. The van der Waals surface area contributed by atoms with Gasteiger partial charge in [-0.25, -0.2) is 8.42 Å². The minimum Gasteiger partial charge on any atom is -0.492 e. The largest absolute Gasteiger partial charge is 0.492 e. The van der Waals surface area contributed by atoms with E-state index in [-0.39, 0.29) is 24.0 Å². The van der Waals surface area contributed by atoms with Gasteiger partial charge in [-0.05, 0) is 61.8 Å². The maximum atomic E-state index is 12.6. The van der Waals surface area contributed by atoms with E-state index in [0.29, 0.717) is 22.9 Å². The number of amides is 1. The van der Waals surface area contributed by atoms with Crippen LogP contribution in [-0.4, -0.2) is 45.5 Å². The molecule has 2 rings (SSSR count). The van der Waals surface area contributed by atoms with Crippen LogP contribution in [0.3, 0.4) is 0 Å². The van der Waals surface area contributed by atoms with Gasteiger partial charge in [0, 0.05) is 5.02 Å². The predicted molar refractivity (Wildman–Crippen MR) is 118 cm³/mol. The van der Waals surface area contributed by atoms with E-state index in [1.54, 1.807) is 48.2 Å². The summed E-state index contributed by atoms with van der Waals surface area (Å²) in [5.41, 5.74) is 0.960. The molecule has 2 aromatic carbocycles. The lowest BCUT2D eigenvalue weighted by Crippen LogP contribution is -2.47. The zero-order valence-corrected chi connectivity index (χ0v) is 18.7. The second-order valence-corrected chi connectivity index (χ2v) is 9.50. The van der Waals surface area contributed by atoms with Crippen LogP contribution in [-0.2, 0) is 14.8 Å². The zero-order chi connectivity index (χ0) is 21.3. The Bertz CT molecular complexity index is 888. The van der Waals surface area contributed by atoms with Crippen LogP contribution >= 0.6 is 23.4 Å². The average molecular weight is 457 g/mol. The molecule has 0 heterocycles. The molecule has 29 heavy (non-hydrogen) atoms. The molecule has 2 aromatic rings. The summed E-state index contributed by atoms with van der Waals surface area (Å²) in [4.78, 5) is 12.7. The Kier molecular flexibility index (Phi) is 9.29. The molecule has 0 radical (unpaired) electrons. The van der Waals surface area contributed by atoms with Gasteiger partial charge in [-0.1, -0.05) is 29.3 Å². The van der Waals surface area contributed by atoms with Gasteiger partial charge in [0.25, 0.3) is 0 Å². The lowest BCUT2D eigenvalue weighted by molar-refractivity contribution is -0.122. The Balaban J connectivity index is 1.92. The molecule has 2 N–H and O–H groups in total. The summed E-state index contributed by atoms with van der Waals surface area (Å²) < 4.78 is 33.3. The molecule has 0 bridgehead atoms. The maximum Gasteiger partial charge on any atom is 0.241 e. The third kappa shape index (κ3) is 7.89. The Morgan fingerprint density at radius 2 is 1.79 bits per heavy atom. The average Bonchev–Trinajstić information content (AvgIpc) is 2.70. The van der Waals surface area contributed by atoms with Gasteiger partial charge in [-0.3, -0.25) is 4.79 Å². The Morgan fingerprint density at radius 1 is 1.14 bits per heavy atom. The van der Waals surface area contributed by atoms with E-state index in [1.165, 1.54) is 12.1 Å². The van der Waals surface area contributed by atoms with E-state index in [1.807, 2.05) is 13.2 Å². The van der Waals surface area contributed by atoms with Gasteiger partial charge < -0.3 is 10.1 Å². The molecule has 1 amide bonds. The zero-order valence-electron chi connectivity index (χ0n) is 16.4. The van der Waals surface area contributed by atoms with E-state index in [4.69, 9.17) is 16.3 Å². The number of halogens is 1. The SMILES string of the molecule is CSCCC(NS(=O)(=O)c1ccc(C)cc1)C(=O)NCCOc1ccc(Cl)cc1. The topological polar surface area (TPSA) is 84.5 Å². The first-order chi connectivity index (χ1) is 13.8. The summed E-state index contributed by atoms with van der Waals surface area (Å²) in [5.74, 6) is 0.910. The second-order valence-electron chi connectivity index (χ2n) is 6.36. The van der Waals surface area contributed by atoms with Crippen molar-refractivity contribution in [2.75, 3.05) is 25.2 Å². The second kappa shape index (κ2) is 11.4. The van der Waals surface area contributed by atoms with Crippen LogP contribution < -0.4 is 14.8 Å². The van der Waals surface area contributed by atoms with Crippen molar-refractivity contribution in [2.24, 2.45) is 0 Å². The van der Waals surface area contributed by atoms with Crippen LogP contribution in [0.15, 0.2) is 53.4 Å². The van der Waals surface area contributed by atoms with Gasteiger partial charge >= 0.3 is 0 Å². The van der Waals surface area contributed by atoms with Crippen molar-refractivity contribution in [1.82, 2.24) is 10.0 Å². The first-order valence-electron chi connectivity index (χ1n) is 9.06. The normalized spacial score (nSPS) is 12.4. The van der Waals surface area contributed by atoms with Crippen molar-refractivity contribution in [3.8, 4) is 5.75 Å². The lowest BCUT2D eigenvalue weighted by atomic mass is 10.2. The highest BCUT2D eigenvalue weighted by atomic mass is 35.5. The van der Waals surface area contributed by atoms with Crippen LogP contribution in [0.25, 0.3) is 0 Å². The highest BCUT2D eigenvalue weighted by Gasteiger charge is 2.25. The van der Waals surface area contributed by atoms with Crippen LogP contribution in [0.2, 0.25) is 5.02 Å². The molecular formula is C20H25ClN2O4S2. The van der Waals surface area contributed by atoms with Crippen LogP contribution in [0.5, 0.6) is 5.75 Å². The molecular weight excluding hydrogens is 432 g/mol. The summed E-state index contributed by atoms with van der Waals surface area (Å²) in [5, 5.41) is 3.34. The fraction of sp³-hybridized carbons (Fsp3) is 0.350. The van der Waals surface area contributed by atoms with Crippen molar-refractivity contribution in [2.45, 2.75) is 24.3 Å². The minimum absolute atomic E-state index is 0.135. The molecule has 9 heteroatoms. The van der Waals surface area contributed by atoms with Gasteiger partial charge in [0.15, 0.2) is 0 Å². The molecule has 0 saturated heterocycles. The van der Waals surface area contributed by atoms with Gasteiger partial charge in [0.05, 0.1) is 11.4 Å². The molecule has 0 aliphatic rings. The quantitative estimate of drug-likeness (QED) is 0.507. The van der Waals surface area contributed by atoms with E-state index >= 15 is 0 Å². The van der Waals surface area contributed by atoms with Crippen molar-refractivity contribution >= 4 is 39.3 Å². The number of sulfonamides is 1. The van der Waals surface area contributed by atoms with Crippen molar-refractivity contribution < 1.29 is 17.9 Å². The fourth-order valence-electron chi connectivity index (χ4n) is 2.45. The van der Waals surface area contributed by atoms with Crippen LogP contribution in [0, 0.1) is 6.92 Å². The number of aryl methyl sites for hydroxylation is 1. The number of hydrogen-bond donors (Lipinski definition) is 2. The number of rotatable bonds is 11. The van der Waals surface area contributed by atoms with E-state index in [9.17, 15) is 13.2 Å². The Hall–Kier alpha value is -1.74. The summed E-state index contributed by atoms with van der Waals surface area (Å²) in [6.45, 7) is 2.39. The number of nitrogens with one attached hydrogen (secondary N) is 2. The number of hydrogen-bond acceptors (Lipinski definition) is 5. The molecule has 1 atom stereocenters. The molecule has 0 aliphatic heterocycles. The van der Waals surface area contributed by atoms with Crippen molar-refractivity contribution in [3.05, 3.63) is 59.1 Å². The predicted octanol–water partition coefficient (Wildman–Crippen LogP) is 3.24. The van der Waals surface area contributed by atoms with Gasteiger partial charge in [-0.2, -0.15) is 16.5 Å². The van der Waals surface area contributed by atoms with Crippen LogP contribution in [0.4, 0.5) is 0 Å². The Labute approximate surface area is 181 Å². The van der Waals surface area contributed by atoms with Crippen molar-refractivity contribution in [1.29, 1.82) is 0 Å². The first kappa shape index (κ1) is 23.5. The highest BCUT2D eigenvalue weighted by Crippen LogP contribution is 2.15. The number of ether oxygens (including phenoxy) is 1. The van der Waals surface area contributed by atoms with Crippen LogP contribution in [0.1, 0.15) is 12.0 Å². The summed E-state index contributed by atoms with van der Waals surface area (Å²) >= 11 is 7.37. The number of thioether (sulfide) groups is 1. The molecule has 0 aliphatic carbocycles. The molecule has 1 unspecified atom stereocenters. The summed E-state index contributed by atoms with van der Waals surface area (Å²) in [7, 11) is -3.79. The van der Waals surface area contributed by atoms with Gasteiger partial charge in [0.2, 0.25) is 15.9 Å². The Morgan fingerprint density at radius 3 is 2.41 bits per heavy atom.